The van der Waals surface area contributed by atoms with Crippen LogP contribution in [0.15, 0.2) is 0 Å². The van der Waals surface area contributed by atoms with Gasteiger partial charge < -0.3 is 32.5 Å². The molecule has 0 rings (SSSR count). The number of amidine groups is 1. The van der Waals surface area contributed by atoms with Crippen LogP contribution in [0.1, 0.15) is 42.5 Å². The molecule has 2 radical (unpaired) electrons. The van der Waals surface area contributed by atoms with Gasteiger partial charge in [-0.3, -0.25) is 10.2 Å². The Morgan fingerprint density at radius 1 is 1.07 bits per heavy atom. The van der Waals surface area contributed by atoms with Crippen molar-refractivity contribution in [3.05, 3.63) is 5.32 Å². The average molecular weight is 555 g/mol. The molecule has 0 unspecified atom stereocenters. The van der Waals surface area contributed by atoms with Crippen molar-refractivity contribution in [2.45, 2.75) is 42.5 Å². The smallest absolute Gasteiger partial charge is 1.00 e. The summed E-state index contributed by atoms with van der Waals surface area (Å²) in [5, 5.41) is 33.9. The zero-order valence-corrected chi connectivity index (χ0v) is 18.6. The molecule has 0 aliphatic heterocycles. The molecule has 0 aliphatic carbocycles. The number of hydrogen-bond acceptors (Lipinski definition) is 7. The second-order valence-corrected chi connectivity index (χ2v) is 3.03. The first-order chi connectivity index (χ1) is 11.0. The number of halogens is 2. The van der Waals surface area contributed by atoms with Gasteiger partial charge in [-0.25, -0.2) is 4.79 Å². The molecule has 29 heavy (non-hydrogen) atoms. The Bertz CT molecular complexity index is 481. The van der Waals surface area contributed by atoms with Crippen LogP contribution in [0, 0.1) is 34.1 Å². The summed E-state index contributed by atoms with van der Waals surface area (Å²) in [5.41, 5.74) is 4.47. The molecular weight excluding hydrogens is 524 g/mol. The van der Waals surface area contributed by atoms with E-state index in [1.807, 2.05) is 0 Å². The van der Waals surface area contributed by atoms with Gasteiger partial charge in [-0.1, -0.05) is 35.9 Å². The number of carbonyl (C=O) groups is 2. The van der Waals surface area contributed by atoms with E-state index in [0.29, 0.717) is 6.61 Å². The molecule has 0 aromatic rings. The summed E-state index contributed by atoms with van der Waals surface area (Å²) in [6, 6.07) is 3.12. The molecule has 0 spiro atoms. The number of nitrogens with one attached hydrogen (secondary N) is 1. The number of amides is 2. The summed E-state index contributed by atoms with van der Waals surface area (Å²) < 4.78 is 9.51. The molecule has 3 N–H and O–H groups in total. The van der Waals surface area contributed by atoms with E-state index < -0.39 is 11.8 Å². The second-order valence-electron chi connectivity index (χ2n) is 3.03. The molecule has 0 aromatic carbocycles. The zero-order valence-electron chi connectivity index (χ0n) is 13.7. The molecule has 0 aliphatic rings. The standard InChI is InChI=1S/C7H11N3O3.C4H3N3O.4CH4.BI.ClH.Na/c1-12-4-5-13-7(9)10-6(11)2-3-8;5-2-1-4(8)7-3-6;;;;;1-2;;/h2,4-5H2,1H3,(H2,9,10,11);1H2,(H,7,8);4*1H4;;1H;/q;;;;;;;;+1/p-1. The first-order valence-corrected chi connectivity index (χ1v) is 6.88. The number of methoxy groups -OCH3 is 1. The molecule has 0 heterocycles. The summed E-state index contributed by atoms with van der Waals surface area (Å²) >= 11 is 1.65. The van der Waals surface area contributed by atoms with Gasteiger partial charge in [-0.15, -0.1) is 0 Å². The fourth-order valence-electron chi connectivity index (χ4n) is 0.687. The quantitative estimate of drug-likeness (QED) is 0.0855. The van der Waals surface area contributed by atoms with E-state index in [1.165, 1.54) is 13.3 Å². The van der Waals surface area contributed by atoms with Gasteiger partial charge in [-0.05, 0) is 0 Å². The molecule has 0 aromatic heterocycles. The van der Waals surface area contributed by atoms with Crippen molar-refractivity contribution in [2.24, 2.45) is 0 Å². The van der Waals surface area contributed by atoms with E-state index >= 15 is 0 Å². The van der Waals surface area contributed by atoms with E-state index in [0.717, 1.165) is 0 Å². The van der Waals surface area contributed by atoms with Crippen LogP contribution >= 0.6 is 22.4 Å². The fourth-order valence-corrected chi connectivity index (χ4v) is 0.687. The summed E-state index contributed by atoms with van der Waals surface area (Å²) in [5.74, 6) is -1.17. The minimum Gasteiger partial charge on any atom is -1.00 e. The number of hydrogen-bond donors (Lipinski definition) is 2. The molecular formula is C15H30BClIN6NaO4. The number of nitriles is 3. The Labute approximate surface area is 218 Å². The minimum absolute atomic E-state index is 0. The van der Waals surface area contributed by atoms with Gasteiger partial charge in [0.15, 0.2) is 11.6 Å². The van der Waals surface area contributed by atoms with E-state index in [9.17, 15) is 9.59 Å². The molecule has 14 heteroatoms. The monoisotopic (exact) mass is 554 g/mol. The van der Waals surface area contributed by atoms with Crippen molar-refractivity contribution in [2.75, 3.05) is 20.3 Å². The number of nitrogens with two attached hydrogens (primary N) is 1. The number of rotatable bonds is 5. The number of carbonyl (C=O) groups excluding carboxylic acids is 2. The SMILES string of the molecule is C.C.C.C.COCCOC(=[NH2+])NC(=O)CC#N.N#CCC(=O)[N-]C#N.[B]I.[Cl-].[Na+]. The van der Waals surface area contributed by atoms with Crippen LogP contribution < -0.4 is 52.7 Å². The van der Waals surface area contributed by atoms with E-state index in [1.54, 1.807) is 34.5 Å². The van der Waals surface area contributed by atoms with Gasteiger partial charge in [0.25, 0.3) is 0 Å². The maximum absolute atomic E-state index is 10.7. The van der Waals surface area contributed by atoms with Crippen LogP contribution in [0.2, 0.25) is 0 Å². The summed E-state index contributed by atoms with van der Waals surface area (Å²) in [7, 11) is 1.52. The van der Waals surface area contributed by atoms with E-state index in [4.69, 9.17) is 25.9 Å². The van der Waals surface area contributed by atoms with Gasteiger partial charge in [0.05, 0.1) is 25.2 Å². The van der Waals surface area contributed by atoms with Crippen LogP contribution in [0.3, 0.4) is 0 Å². The Balaban J connectivity index is -0.0000000320. The molecule has 0 saturated carbocycles. The van der Waals surface area contributed by atoms with Crippen molar-refractivity contribution >= 4 is 45.9 Å². The van der Waals surface area contributed by atoms with Crippen LogP contribution in [0.5, 0.6) is 0 Å². The largest absolute Gasteiger partial charge is 1.00 e. The third-order valence-corrected chi connectivity index (χ3v) is 1.45. The van der Waals surface area contributed by atoms with Gasteiger partial charge in [0.2, 0.25) is 0 Å². The van der Waals surface area contributed by atoms with Crippen LogP contribution in [-0.4, -0.2) is 43.9 Å². The van der Waals surface area contributed by atoms with Gasteiger partial charge in [-0.2, -0.15) is 38.2 Å². The second kappa shape index (κ2) is 50.5. The van der Waals surface area contributed by atoms with Gasteiger partial charge in [0.1, 0.15) is 13.0 Å². The van der Waals surface area contributed by atoms with Crippen molar-refractivity contribution in [1.29, 1.82) is 15.8 Å². The maximum Gasteiger partial charge on any atom is 1.00 e. The van der Waals surface area contributed by atoms with Crippen molar-refractivity contribution in [1.82, 2.24) is 5.32 Å². The molecule has 2 amide bonds. The topological polar surface area (TPSA) is 176 Å². The average Bonchev–Trinajstić information content (AvgIpc) is 2.51. The normalized spacial score (nSPS) is 5.76. The molecule has 0 saturated heterocycles. The first kappa shape index (κ1) is 56.5. The van der Waals surface area contributed by atoms with Gasteiger partial charge >= 0.3 is 41.5 Å². The molecule has 0 bridgehead atoms. The summed E-state index contributed by atoms with van der Waals surface area (Å²) in [4.78, 5) is 20.8. The minimum atomic E-state index is -0.685. The van der Waals surface area contributed by atoms with Crippen LogP contribution in [0.25, 0.3) is 5.32 Å². The molecule has 10 nitrogen and oxygen atoms in total. The van der Waals surface area contributed by atoms with Gasteiger partial charge in [0, 0.05) is 7.11 Å². The summed E-state index contributed by atoms with van der Waals surface area (Å²) in [6.45, 7) is 0.643. The number of nitrogens with zero attached hydrogens (tertiary/aromatic N) is 4. The summed E-state index contributed by atoms with van der Waals surface area (Å²) in [6.07, 6.45) is 0.723. The predicted octanol–water partition coefficient (Wildman–Crippen LogP) is -4.87. The van der Waals surface area contributed by atoms with Crippen molar-refractivity contribution in [3.8, 4) is 18.3 Å². The Morgan fingerprint density at radius 3 is 1.86 bits per heavy atom. The molecule has 162 valence electrons. The fraction of sp³-hybridized carbons (Fsp3) is 0.600. The number of ether oxygens (including phenoxy) is 2. The third kappa shape index (κ3) is 58.4. The molecule has 0 fully saturated rings. The maximum atomic E-state index is 10.7. The van der Waals surface area contributed by atoms with Crippen molar-refractivity contribution in [3.63, 3.8) is 0 Å². The zero-order chi connectivity index (χ0) is 18.5. The third-order valence-electron chi connectivity index (χ3n) is 1.45. The molecule has 0 atom stereocenters. The van der Waals surface area contributed by atoms with Crippen molar-refractivity contribution < 1.29 is 66.4 Å². The Kier molecular flexibility index (Phi) is 98.5. The Hall–Kier alpha value is -1.08. The van der Waals surface area contributed by atoms with E-state index in [2.05, 4.69) is 21.1 Å². The van der Waals surface area contributed by atoms with Crippen LogP contribution in [-0.2, 0) is 19.1 Å². The Morgan fingerprint density at radius 2 is 1.52 bits per heavy atom. The predicted molar refractivity (Wildman–Crippen MR) is 114 cm³/mol. The first-order valence-electron chi connectivity index (χ1n) is 5.64. The van der Waals surface area contributed by atoms with Crippen LogP contribution in [0.4, 0.5) is 0 Å². The van der Waals surface area contributed by atoms with E-state index in [-0.39, 0.29) is 97.1 Å².